The molecule has 1 aliphatic rings. The van der Waals surface area contributed by atoms with Crippen molar-refractivity contribution >= 4 is 0 Å². The van der Waals surface area contributed by atoms with Crippen LogP contribution in [0.4, 0.5) is 0 Å². The van der Waals surface area contributed by atoms with E-state index in [9.17, 15) is 0 Å². The molecule has 0 aliphatic carbocycles. The monoisotopic (exact) mass is 260 g/mol. The van der Waals surface area contributed by atoms with Crippen molar-refractivity contribution in [1.82, 2.24) is 10.2 Å². The van der Waals surface area contributed by atoms with Gasteiger partial charge in [0.25, 0.3) is 0 Å². The van der Waals surface area contributed by atoms with Crippen molar-refractivity contribution in [2.24, 2.45) is 5.92 Å². The molecule has 2 rings (SSSR count). The molecule has 0 radical (unpaired) electrons. The Morgan fingerprint density at radius 2 is 2.00 bits per heavy atom. The van der Waals surface area contributed by atoms with Gasteiger partial charge in [-0.05, 0) is 30.9 Å². The smallest absolute Gasteiger partial charge is 0.0236 e. The molecule has 2 unspecified atom stereocenters. The van der Waals surface area contributed by atoms with E-state index in [4.69, 9.17) is 0 Å². The van der Waals surface area contributed by atoms with Gasteiger partial charge < -0.3 is 5.32 Å². The van der Waals surface area contributed by atoms with Crippen molar-refractivity contribution in [1.29, 1.82) is 0 Å². The Morgan fingerprint density at radius 1 is 1.26 bits per heavy atom. The molecule has 0 aromatic heterocycles. The second kappa shape index (κ2) is 7.06. The first-order valence-electron chi connectivity index (χ1n) is 7.70. The fraction of sp³-hybridized carbons (Fsp3) is 0.647. The second-order valence-corrected chi connectivity index (χ2v) is 6.17. The van der Waals surface area contributed by atoms with Crippen LogP contribution in [0.5, 0.6) is 0 Å². The summed E-state index contributed by atoms with van der Waals surface area (Å²) in [6.07, 6.45) is 2.45. The van der Waals surface area contributed by atoms with Crippen LogP contribution in [0.25, 0.3) is 0 Å². The zero-order chi connectivity index (χ0) is 13.7. The Bertz CT molecular complexity index is 361. The highest BCUT2D eigenvalue weighted by Crippen LogP contribution is 2.16. The molecule has 1 N–H and O–H groups in total. The summed E-state index contributed by atoms with van der Waals surface area (Å²) < 4.78 is 0. The zero-order valence-electron chi connectivity index (χ0n) is 12.6. The van der Waals surface area contributed by atoms with E-state index in [0.717, 1.165) is 24.9 Å². The van der Waals surface area contributed by atoms with Crippen LogP contribution in [-0.4, -0.2) is 36.6 Å². The Hall–Kier alpha value is -0.860. The summed E-state index contributed by atoms with van der Waals surface area (Å²) in [5.41, 5.74) is 1.44. The number of benzene rings is 1. The molecule has 106 valence electrons. The first-order chi connectivity index (χ1) is 9.19. The standard InChI is InChI=1S/C17H28N2/c1-4-19-13-16(11-15-8-6-5-7-9-15)18-12-17(19)10-14(2)3/h5-9,14,16-18H,4,10-13H2,1-3H3. The maximum absolute atomic E-state index is 3.75. The molecule has 1 saturated heterocycles. The molecule has 0 bridgehead atoms. The molecule has 1 fully saturated rings. The Kier molecular flexibility index (Phi) is 5.41. The van der Waals surface area contributed by atoms with Gasteiger partial charge in [-0.25, -0.2) is 0 Å². The largest absolute Gasteiger partial charge is 0.311 e. The van der Waals surface area contributed by atoms with E-state index in [0.29, 0.717) is 6.04 Å². The van der Waals surface area contributed by atoms with Crippen LogP contribution in [0.1, 0.15) is 32.8 Å². The van der Waals surface area contributed by atoms with Gasteiger partial charge in [0, 0.05) is 25.2 Å². The highest BCUT2D eigenvalue weighted by atomic mass is 15.2. The number of rotatable bonds is 5. The van der Waals surface area contributed by atoms with Crippen LogP contribution < -0.4 is 5.32 Å². The highest BCUT2D eigenvalue weighted by Gasteiger charge is 2.26. The lowest BCUT2D eigenvalue weighted by Gasteiger charge is -2.40. The predicted octanol–water partition coefficient (Wildman–Crippen LogP) is 2.94. The third kappa shape index (κ3) is 4.32. The lowest BCUT2D eigenvalue weighted by Crippen LogP contribution is -2.57. The van der Waals surface area contributed by atoms with Gasteiger partial charge in [-0.1, -0.05) is 51.1 Å². The van der Waals surface area contributed by atoms with Crippen molar-refractivity contribution in [3.8, 4) is 0 Å². The molecule has 2 nitrogen and oxygen atoms in total. The summed E-state index contributed by atoms with van der Waals surface area (Å²) in [5, 5.41) is 3.75. The maximum atomic E-state index is 3.75. The zero-order valence-corrected chi connectivity index (χ0v) is 12.6. The van der Waals surface area contributed by atoms with Crippen molar-refractivity contribution in [2.45, 2.75) is 45.7 Å². The molecule has 0 saturated carbocycles. The van der Waals surface area contributed by atoms with Gasteiger partial charge >= 0.3 is 0 Å². The van der Waals surface area contributed by atoms with E-state index in [-0.39, 0.29) is 0 Å². The van der Waals surface area contributed by atoms with Gasteiger partial charge in [0.1, 0.15) is 0 Å². The first kappa shape index (κ1) is 14.5. The van der Waals surface area contributed by atoms with Crippen LogP contribution >= 0.6 is 0 Å². The Morgan fingerprint density at radius 3 is 2.63 bits per heavy atom. The molecule has 1 aromatic rings. The Labute approximate surface area is 118 Å². The third-order valence-electron chi connectivity index (χ3n) is 4.09. The fourth-order valence-electron chi connectivity index (χ4n) is 3.13. The topological polar surface area (TPSA) is 15.3 Å². The molecular formula is C17H28N2. The SMILES string of the molecule is CCN1CC(Cc2ccccc2)NCC1CC(C)C. The van der Waals surface area contributed by atoms with Gasteiger partial charge in [0.2, 0.25) is 0 Å². The Balaban J connectivity index is 1.89. The van der Waals surface area contributed by atoms with E-state index in [1.807, 2.05) is 0 Å². The average Bonchev–Trinajstić information content (AvgIpc) is 2.41. The second-order valence-electron chi connectivity index (χ2n) is 6.17. The summed E-state index contributed by atoms with van der Waals surface area (Å²) in [6, 6.07) is 12.2. The van der Waals surface area contributed by atoms with Crippen LogP contribution in [0.3, 0.4) is 0 Å². The molecule has 2 heteroatoms. The lowest BCUT2D eigenvalue weighted by atomic mass is 9.96. The van der Waals surface area contributed by atoms with Crippen LogP contribution in [0.15, 0.2) is 30.3 Å². The number of piperazine rings is 1. The van der Waals surface area contributed by atoms with E-state index >= 15 is 0 Å². The minimum absolute atomic E-state index is 0.603. The molecule has 1 heterocycles. The van der Waals surface area contributed by atoms with Gasteiger partial charge in [0.15, 0.2) is 0 Å². The van der Waals surface area contributed by atoms with E-state index in [2.05, 4.69) is 61.3 Å². The number of nitrogens with one attached hydrogen (secondary N) is 1. The average molecular weight is 260 g/mol. The minimum atomic E-state index is 0.603. The summed E-state index contributed by atoms with van der Waals surface area (Å²) >= 11 is 0. The molecule has 2 atom stereocenters. The van der Waals surface area contributed by atoms with E-state index in [1.54, 1.807) is 0 Å². The minimum Gasteiger partial charge on any atom is -0.311 e. The van der Waals surface area contributed by atoms with Crippen LogP contribution in [-0.2, 0) is 6.42 Å². The number of likely N-dealkylation sites (N-methyl/N-ethyl adjacent to an activating group) is 1. The van der Waals surface area contributed by atoms with E-state index < -0.39 is 0 Å². The summed E-state index contributed by atoms with van der Waals surface area (Å²) in [7, 11) is 0. The fourth-order valence-corrected chi connectivity index (χ4v) is 3.13. The van der Waals surface area contributed by atoms with E-state index in [1.165, 1.54) is 25.1 Å². The van der Waals surface area contributed by atoms with Gasteiger partial charge in [0.05, 0.1) is 0 Å². The van der Waals surface area contributed by atoms with Gasteiger partial charge in [-0.15, -0.1) is 0 Å². The predicted molar refractivity (Wildman–Crippen MR) is 82.4 cm³/mol. The number of hydrogen-bond acceptors (Lipinski definition) is 2. The molecule has 0 spiro atoms. The van der Waals surface area contributed by atoms with Crippen molar-refractivity contribution < 1.29 is 0 Å². The van der Waals surface area contributed by atoms with Gasteiger partial charge in [-0.2, -0.15) is 0 Å². The molecule has 1 aromatic carbocycles. The van der Waals surface area contributed by atoms with Crippen molar-refractivity contribution in [2.75, 3.05) is 19.6 Å². The molecule has 0 amide bonds. The maximum Gasteiger partial charge on any atom is 0.0236 e. The summed E-state index contributed by atoms with van der Waals surface area (Å²) in [6.45, 7) is 10.4. The van der Waals surface area contributed by atoms with Crippen LogP contribution in [0, 0.1) is 5.92 Å². The quantitative estimate of drug-likeness (QED) is 0.875. The summed E-state index contributed by atoms with van der Waals surface area (Å²) in [5.74, 6) is 0.784. The number of nitrogens with zero attached hydrogens (tertiary/aromatic N) is 1. The van der Waals surface area contributed by atoms with Crippen molar-refractivity contribution in [3.63, 3.8) is 0 Å². The number of hydrogen-bond donors (Lipinski definition) is 1. The lowest BCUT2D eigenvalue weighted by molar-refractivity contribution is 0.120. The van der Waals surface area contributed by atoms with Gasteiger partial charge in [-0.3, -0.25) is 4.90 Å². The van der Waals surface area contributed by atoms with Crippen molar-refractivity contribution in [3.05, 3.63) is 35.9 Å². The first-order valence-corrected chi connectivity index (χ1v) is 7.70. The molecule has 1 aliphatic heterocycles. The van der Waals surface area contributed by atoms with Crippen LogP contribution in [0.2, 0.25) is 0 Å². The molecule has 19 heavy (non-hydrogen) atoms. The summed E-state index contributed by atoms with van der Waals surface area (Å²) in [4.78, 5) is 2.66. The highest BCUT2D eigenvalue weighted by molar-refractivity contribution is 5.16. The normalized spacial score (nSPS) is 24.8. The molecular weight excluding hydrogens is 232 g/mol. The third-order valence-corrected chi connectivity index (χ3v) is 4.09.